The molecule has 1 aromatic carbocycles. The van der Waals surface area contributed by atoms with E-state index in [4.69, 9.17) is 4.52 Å². The highest BCUT2D eigenvalue weighted by atomic mass is 16.5. The van der Waals surface area contributed by atoms with Crippen LogP contribution in [0.4, 0.5) is 4.79 Å². The molecule has 27 heavy (non-hydrogen) atoms. The van der Waals surface area contributed by atoms with E-state index >= 15 is 0 Å². The molecule has 0 atom stereocenters. The van der Waals surface area contributed by atoms with Gasteiger partial charge in [-0.3, -0.25) is 14.5 Å². The predicted molar refractivity (Wildman–Crippen MR) is 94.0 cm³/mol. The quantitative estimate of drug-likeness (QED) is 0.654. The number of hydrogen-bond donors (Lipinski definition) is 1. The third-order valence-electron chi connectivity index (χ3n) is 5.02. The molecule has 0 radical (unpaired) electrons. The lowest BCUT2D eigenvalue weighted by molar-refractivity contribution is -0.130. The monoisotopic (exact) mass is 368 g/mol. The molecule has 1 aliphatic carbocycles. The Balaban J connectivity index is 1.52. The molecule has 2 aromatic rings. The Morgan fingerprint density at radius 3 is 2.67 bits per heavy atom. The smallest absolute Gasteiger partial charge is 0.325 e. The predicted octanol–water partition coefficient (Wildman–Crippen LogP) is 2.01. The van der Waals surface area contributed by atoms with Gasteiger partial charge in [0.05, 0.1) is 6.54 Å². The number of imide groups is 1. The standard InChI is InChI=1S/C19H20N4O4/c1-19(2)17(25)23(18(26)21-19)10-14-20-16(27-22-14)15(24)13-8-7-11-5-3-4-6-12(11)9-13/h7-9H,3-6,10H2,1-2H3,(H,21,26). The van der Waals surface area contributed by atoms with Crippen molar-refractivity contribution in [2.75, 3.05) is 0 Å². The summed E-state index contributed by atoms with van der Waals surface area (Å²) in [7, 11) is 0. The second-order valence-electron chi connectivity index (χ2n) is 7.48. The van der Waals surface area contributed by atoms with E-state index in [-0.39, 0.29) is 30.0 Å². The number of hydrogen-bond acceptors (Lipinski definition) is 6. The van der Waals surface area contributed by atoms with Crippen LogP contribution in [-0.4, -0.2) is 38.3 Å². The van der Waals surface area contributed by atoms with Gasteiger partial charge in [-0.25, -0.2) is 4.79 Å². The fourth-order valence-corrected chi connectivity index (χ4v) is 3.51. The van der Waals surface area contributed by atoms with E-state index in [2.05, 4.69) is 15.5 Å². The zero-order valence-electron chi connectivity index (χ0n) is 15.2. The summed E-state index contributed by atoms with van der Waals surface area (Å²) in [6.45, 7) is 3.10. The highest BCUT2D eigenvalue weighted by Gasteiger charge is 2.44. The van der Waals surface area contributed by atoms with Crippen LogP contribution in [0.5, 0.6) is 0 Å². The van der Waals surface area contributed by atoms with Crippen LogP contribution in [0.3, 0.4) is 0 Å². The molecule has 0 bridgehead atoms. The topological polar surface area (TPSA) is 105 Å². The number of aryl methyl sites for hydroxylation is 2. The summed E-state index contributed by atoms with van der Waals surface area (Å²) >= 11 is 0. The second-order valence-corrected chi connectivity index (χ2v) is 7.48. The van der Waals surface area contributed by atoms with E-state index in [1.165, 1.54) is 17.5 Å². The minimum atomic E-state index is -0.970. The van der Waals surface area contributed by atoms with Crippen molar-refractivity contribution >= 4 is 17.7 Å². The molecule has 1 aromatic heterocycles. The molecular weight excluding hydrogens is 348 g/mol. The van der Waals surface area contributed by atoms with Crippen molar-refractivity contribution < 1.29 is 18.9 Å². The van der Waals surface area contributed by atoms with Gasteiger partial charge < -0.3 is 9.84 Å². The Kier molecular flexibility index (Phi) is 4.05. The summed E-state index contributed by atoms with van der Waals surface area (Å²) in [4.78, 5) is 41.9. The van der Waals surface area contributed by atoms with Crippen molar-refractivity contribution in [3.05, 3.63) is 46.6 Å². The first kappa shape index (κ1) is 17.4. The van der Waals surface area contributed by atoms with Gasteiger partial charge in [-0.1, -0.05) is 17.3 Å². The van der Waals surface area contributed by atoms with Gasteiger partial charge in [0.1, 0.15) is 5.54 Å². The van der Waals surface area contributed by atoms with Crippen LogP contribution in [-0.2, 0) is 24.2 Å². The van der Waals surface area contributed by atoms with Crippen LogP contribution in [0.2, 0.25) is 0 Å². The molecule has 1 aliphatic heterocycles. The Bertz CT molecular complexity index is 947. The molecule has 0 spiro atoms. The first-order chi connectivity index (χ1) is 12.8. The van der Waals surface area contributed by atoms with Crippen LogP contribution in [0, 0.1) is 0 Å². The summed E-state index contributed by atoms with van der Waals surface area (Å²) in [6.07, 6.45) is 4.30. The van der Waals surface area contributed by atoms with Crippen LogP contribution in [0.15, 0.2) is 22.7 Å². The molecule has 140 valence electrons. The number of aromatic nitrogens is 2. The van der Waals surface area contributed by atoms with Crippen molar-refractivity contribution in [3.8, 4) is 0 Å². The van der Waals surface area contributed by atoms with Gasteiger partial charge in [0.25, 0.3) is 17.6 Å². The normalized spacial score (nSPS) is 18.4. The summed E-state index contributed by atoms with van der Waals surface area (Å²) in [5.74, 6) is -0.774. The highest BCUT2D eigenvalue weighted by molar-refractivity contribution is 6.07. The summed E-state index contributed by atoms with van der Waals surface area (Å²) in [6, 6.07) is 5.13. The van der Waals surface area contributed by atoms with Crippen LogP contribution < -0.4 is 5.32 Å². The van der Waals surface area contributed by atoms with Crippen molar-refractivity contribution in [1.29, 1.82) is 0 Å². The molecular formula is C19H20N4O4. The molecule has 4 rings (SSSR count). The zero-order chi connectivity index (χ0) is 19.2. The number of fused-ring (bicyclic) bond motifs is 1. The van der Waals surface area contributed by atoms with Gasteiger partial charge in [0.2, 0.25) is 0 Å². The van der Waals surface area contributed by atoms with Crippen molar-refractivity contribution in [2.45, 2.75) is 51.6 Å². The number of ketones is 1. The Morgan fingerprint density at radius 1 is 1.22 bits per heavy atom. The number of carbonyl (C=O) groups excluding carboxylic acids is 3. The molecule has 1 fully saturated rings. The van der Waals surface area contributed by atoms with Crippen molar-refractivity contribution in [2.24, 2.45) is 0 Å². The Labute approximate surface area is 155 Å². The Morgan fingerprint density at radius 2 is 1.96 bits per heavy atom. The van der Waals surface area contributed by atoms with E-state index in [1.807, 2.05) is 12.1 Å². The lowest BCUT2D eigenvalue weighted by Crippen LogP contribution is -2.40. The number of nitrogens with one attached hydrogen (secondary N) is 1. The average Bonchev–Trinajstić information content (AvgIpc) is 3.19. The lowest BCUT2D eigenvalue weighted by atomic mass is 9.90. The summed E-state index contributed by atoms with van der Waals surface area (Å²) < 4.78 is 5.08. The van der Waals surface area contributed by atoms with Crippen LogP contribution >= 0.6 is 0 Å². The minimum Gasteiger partial charge on any atom is -0.330 e. The van der Waals surface area contributed by atoms with E-state index in [9.17, 15) is 14.4 Å². The molecule has 1 saturated heterocycles. The van der Waals surface area contributed by atoms with Gasteiger partial charge in [0, 0.05) is 5.56 Å². The minimum absolute atomic E-state index is 0.109. The van der Waals surface area contributed by atoms with E-state index in [1.54, 1.807) is 19.9 Å². The zero-order valence-corrected chi connectivity index (χ0v) is 15.2. The molecule has 0 unspecified atom stereocenters. The maximum atomic E-state index is 12.7. The number of benzene rings is 1. The summed E-state index contributed by atoms with van der Waals surface area (Å²) in [5, 5.41) is 6.33. The van der Waals surface area contributed by atoms with Gasteiger partial charge in [-0.15, -0.1) is 0 Å². The SMILES string of the molecule is CC1(C)NC(=O)N(Cc2noc(C(=O)c3ccc4c(c3)CCCC4)n2)C1=O. The number of nitrogens with zero attached hydrogens (tertiary/aromatic N) is 3. The molecule has 2 aliphatic rings. The van der Waals surface area contributed by atoms with E-state index in [0.717, 1.165) is 24.2 Å². The maximum absolute atomic E-state index is 12.7. The number of rotatable bonds is 4. The lowest BCUT2D eigenvalue weighted by Gasteiger charge is -2.15. The fraction of sp³-hybridized carbons (Fsp3) is 0.421. The third kappa shape index (κ3) is 3.11. The van der Waals surface area contributed by atoms with Gasteiger partial charge in [-0.2, -0.15) is 4.98 Å². The molecule has 3 amide bonds. The fourth-order valence-electron chi connectivity index (χ4n) is 3.51. The largest absolute Gasteiger partial charge is 0.330 e. The van der Waals surface area contributed by atoms with Crippen molar-refractivity contribution in [1.82, 2.24) is 20.4 Å². The van der Waals surface area contributed by atoms with Gasteiger partial charge in [0.15, 0.2) is 5.82 Å². The van der Waals surface area contributed by atoms with Gasteiger partial charge >= 0.3 is 6.03 Å². The number of urea groups is 1. The maximum Gasteiger partial charge on any atom is 0.325 e. The number of carbonyl (C=O) groups is 3. The van der Waals surface area contributed by atoms with E-state index in [0.29, 0.717) is 5.56 Å². The Hall–Kier alpha value is -3.03. The van der Waals surface area contributed by atoms with Crippen LogP contribution in [0.25, 0.3) is 0 Å². The second kappa shape index (κ2) is 6.29. The van der Waals surface area contributed by atoms with Crippen molar-refractivity contribution in [3.63, 3.8) is 0 Å². The molecule has 2 heterocycles. The molecule has 8 nitrogen and oxygen atoms in total. The highest BCUT2D eigenvalue weighted by Crippen LogP contribution is 2.23. The molecule has 8 heteroatoms. The summed E-state index contributed by atoms with van der Waals surface area (Å²) in [5.41, 5.74) is 2.00. The molecule has 1 N–H and O–H groups in total. The van der Waals surface area contributed by atoms with E-state index < -0.39 is 11.6 Å². The average molecular weight is 368 g/mol. The van der Waals surface area contributed by atoms with Gasteiger partial charge in [-0.05, 0) is 56.7 Å². The third-order valence-corrected chi connectivity index (χ3v) is 5.02. The molecule has 0 saturated carbocycles. The van der Waals surface area contributed by atoms with Crippen LogP contribution in [0.1, 0.15) is 59.9 Å². The first-order valence-corrected chi connectivity index (χ1v) is 8.98. The number of amides is 3. The first-order valence-electron chi connectivity index (χ1n) is 8.98.